The lowest BCUT2D eigenvalue weighted by molar-refractivity contribution is -0.212. The summed E-state index contributed by atoms with van der Waals surface area (Å²) in [7, 11) is -10.9. The maximum absolute atomic E-state index is 12.5. The van der Waals surface area contributed by atoms with Crippen LogP contribution in [-0.2, 0) is 36.4 Å². The van der Waals surface area contributed by atoms with Crippen LogP contribution in [0.3, 0.4) is 0 Å². The lowest BCUT2D eigenvalue weighted by atomic mass is 10.2. The van der Waals surface area contributed by atoms with E-state index >= 15 is 0 Å². The Morgan fingerprint density at radius 2 is 1.79 bits per heavy atom. The first-order chi connectivity index (χ1) is 28.9. The molecule has 1 aliphatic carbocycles. The molecule has 3 aliphatic rings. The number of nitrogens with one attached hydrogen (secondary N) is 2. The molecular formula is C35H48N9O13P3S. The van der Waals surface area contributed by atoms with Crippen LogP contribution in [0.1, 0.15) is 51.2 Å². The topological polar surface area (TPSA) is 296 Å². The summed E-state index contributed by atoms with van der Waals surface area (Å²) in [6.07, 6.45) is 4.10. The van der Waals surface area contributed by atoms with Crippen LogP contribution in [0.4, 0.5) is 11.5 Å². The molecule has 26 heteroatoms. The SMILES string of the molecule is CN(CCCC(=O)NCCCCCCNc1ncnc2c1ncn2[C@H]1C[C@H](O)[C@@H](COP(=O)(O)OP(=O)(O)OP(=O)([O-])O)O1)c1ccc2nc3ccc(=[N+](C)C)cc-3sc2c1. The highest BCUT2D eigenvalue weighted by atomic mass is 32.1. The molecule has 0 radical (unpaired) electrons. The number of aliphatic hydroxyl groups excluding tert-OH is 1. The molecule has 4 heterocycles. The van der Waals surface area contributed by atoms with E-state index in [0.717, 1.165) is 70.5 Å². The van der Waals surface area contributed by atoms with Crippen LogP contribution in [0.15, 0.2) is 49.1 Å². The predicted molar refractivity (Wildman–Crippen MR) is 223 cm³/mol. The van der Waals surface area contributed by atoms with Gasteiger partial charge in [-0.1, -0.05) is 12.8 Å². The molecule has 2 aromatic heterocycles. The Morgan fingerprint density at radius 1 is 1.02 bits per heavy atom. The fourth-order valence-corrected chi connectivity index (χ4v) is 10.6. The maximum atomic E-state index is 12.5. The van der Waals surface area contributed by atoms with Gasteiger partial charge in [-0.05, 0) is 43.5 Å². The van der Waals surface area contributed by atoms with Gasteiger partial charge in [0.2, 0.25) is 11.3 Å². The molecule has 1 aromatic carbocycles. The zero-order valence-electron chi connectivity index (χ0n) is 33.5. The third-order valence-electron chi connectivity index (χ3n) is 9.61. The number of benzene rings is 2. The van der Waals surface area contributed by atoms with Crippen molar-refractivity contribution < 1.29 is 61.1 Å². The van der Waals surface area contributed by atoms with Gasteiger partial charge in [0.25, 0.3) is 7.82 Å². The molecule has 6 rings (SSSR count). The van der Waals surface area contributed by atoms with E-state index in [9.17, 15) is 38.3 Å². The molecule has 1 fully saturated rings. The van der Waals surface area contributed by atoms with E-state index in [-0.39, 0.29) is 12.3 Å². The number of carbonyl (C=O) groups excluding carboxylic acids is 1. The fourth-order valence-electron chi connectivity index (χ4n) is 6.54. The Balaban J connectivity index is 0.867. The van der Waals surface area contributed by atoms with E-state index in [0.29, 0.717) is 36.5 Å². The Kier molecular flexibility index (Phi) is 15.4. The van der Waals surface area contributed by atoms with Gasteiger partial charge in [-0.15, -0.1) is 11.3 Å². The van der Waals surface area contributed by atoms with Crippen molar-refractivity contribution in [2.75, 3.05) is 57.6 Å². The average Bonchev–Trinajstić information content (AvgIpc) is 3.78. The number of nitrogens with zero attached hydrogens (tertiary/aromatic N) is 7. The number of aliphatic hydroxyl groups is 1. The van der Waals surface area contributed by atoms with Crippen molar-refractivity contribution in [3.05, 3.63) is 54.4 Å². The number of fused-ring (bicyclic) bond motifs is 3. The zero-order chi connectivity index (χ0) is 44.0. The number of carbonyl (C=O) groups is 1. The minimum Gasteiger partial charge on any atom is -0.756 e. The van der Waals surface area contributed by atoms with Crippen molar-refractivity contribution in [3.63, 3.8) is 0 Å². The smallest absolute Gasteiger partial charge is 0.487 e. The molecule has 1 saturated heterocycles. The Bertz CT molecular complexity index is 2520. The van der Waals surface area contributed by atoms with Gasteiger partial charge in [-0.2, -0.15) is 4.31 Å². The van der Waals surface area contributed by atoms with Crippen molar-refractivity contribution in [2.24, 2.45) is 0 Å². The van der Waals surface area contributed by atoms with Gasteiger partial charge in [0.1, 0.15) is 32.8 Å². The summed E-state index contributed by atoms with van der Waals surface area (Å²) in [6, 6.07) is 12.6. The van der Waals surface area contributed by atoms with Crippen LogP contribution < -0.4 is 30.4 Å². The standard InChI is InChI=1S/C35H48N9O13P3S/c1-42(2)23-10-12-25-29(17-23)61-30-18-24(11-13-26(30)41-25)43(3)16-8-9-31(46)36-14-6-4-5-7-15-37-34-33-35(39-21-38-34)44(22-40-33)32-19-27(45)28(55-32)20-54-59(50,51)57-60(52,53)56-58(47,48)49/h10-13,17-18,21-22,27-28,32,45H,4-9,14-16,19-20H2,1-3H3,(H5-,36,37,38,39,46,47,48,49,50,51,52,53)/t27-,28+,32+/m0/s1. The number of hydrogen-bond acceptors (Lipinski definition) is 17. The normalized spacial score (nSPS) is 19.7. The van der Waals surface area contributed by atoms with Crippen LogP contribution in [0.25, 0.3) is 32.0 Å². The monoisotopic (exact) mass is 927 g/mol. The number of unbranched alkanes of at least 4 members (excludes halogenated alkanes) is 3. The van der Waals surface area contributed by atoms with Gasteiger partial charge in [-0.25, -0.2) is 38.0 Å². The summed E-state index contributed by atoms with van der Waals surface area (Å²) in [5.74, 6) is 0.509. The van der Waals surface area contributed by atoms with E-state index in [1.807, 2.05) is 27.2 Å². The van der Waals surface area contributed by atoms with E-state index in [4.69, 9.17) is 14.6 Å². The molecule has 6 N–H and O–H groups in total. The van der Waals surface area contributed by atoms with Gasteiger partial charge in [-0.3, -0.25) is 18.5 Å². The molecule has 61 heavy (non-hydrogen) atoms. The number of phosphoric acid groups is 3. The van der Waals surface area contributed by atoms with Crippen LogP contribution in [-0.4, -0.2) is 110 Å². The molecule has 0 spiro atoms. The molecule has 2 aliphatic heterocycles. The zero-order valence-corrected chi connectivity index (χ0v) is 37.0. The van der Waals surface area contributed by atoms with Crippen LogP contribution >= 0.6 is 34.8 Å². The van der Waals surface area contributed by atoms with Crippen molar-refractivity contribution >= 4 is 73.6 Å². The first-order valence-electron chi connectivity index (χ1n) is 19.2. The van der Waals surface area contributed by atoms with Crippen molar-refractivity contribution in [1.29, 1.82) is 0 Å². The maximum Gasteiger partial charge on any atom is 0.487 e. The number of rotatable bonds is 21. The summed E-state index contributed by atoms with van der Waals surface area (Å²) in [5.41, 5.74) is 3.83. The second kappa shape index (κ2) is 20.2. The van der Waals surface area contributed by atoms with E-state index < -0.39 is 48.5 Å². The van der Waals surface area contributed by atoms with Crippen molar-refractivity contribution in [2.45, 2.75) is 63.4 Å². The fraction of sp³-hybridized carbons (Fsp3) is 0.486. The summed E-state index contributed by atoms with van der Waals surface area (Å²) in [4.78, 5) is 71.9. The highest BCUT2D eigenvalue weighted by Gasteiger charge is 2.41. The molecule has 0 bridgehead atoms. The first kappa shape index (κ1) is 46.7. The van der Waals surface area contributed by atoms with E-state index in [1.54, 1.807) is 11.3 Å². The number of phosphoric ester groups is 1. The van der Waals surface area contributed by atoms with Crippen LogP contribution in [0.5, 0.6) is 0 Å². The highest BCUT2D eigenvalue weighted by Crippen LogP contribution is 2.65. The van der Waals surface area contributed by atoms with E-state index in [2.05, 4.69) is 78.5 Å². The van der Waals surface area contributed by atoms with Gasteiger partial charge in [0.15, 0.2) is 17.0 Å². The number of hydrogen-bond donors (Lipinski definition) is 6. The first-order valence-corrected chi connectivity index (χ1v) is 24.5. The predicted octanol–water partition coefficient (Wildman–Crippen LogP) is 2.94. The number of anilines is 2. The van der Waals surface area contributed by atoms with E-state index in [1.165, 1.54) is 17.2 Å². The van der Waals surface area contributed by atoms with Crippen LogP contribution in [0.2, 0.25) is 0 Å². The number of aromatic nitrogens is 5. The third-order valence-corrected chi connectivity index (χ3v) is 14.5. The second-order valence-corrected chi connectivity index (χ2v) is 19.9. The van der Waals surface area contributed by atoms with Gasteiger partial charge in [0.05, 0.1) is 39.8 Å². The number of imidazole rings is 1. The molecular weight excluding hydrogens is 879 g/mol. The Morgan fingerprint density at radius 3 is 2.54 bits per heavy atom. The summed E-state index contributed by atoms with van der Waals surface area (Å²) in [6.45, 7) is 1.12. The minimum atomic E-state index is -5.80. The molecule has 3 aromatic rings. The second-order valence-electron chi connectivity index (χ2n) is 14.5. The Hall–Kier alpha value is -3.79. The van der Waals surface area contributed by atoms with Gasteiger partial charge >= 0.3 is 15.6 Å². The largest absolute Gasteiger partial charge is 0.756 e. The lowest BCUT2D eigenvalue weighted by Crippen LogP contribution is -2.26. The van der Waals surface area contributed by atoms with Crippen molar-refractivity contribution in [3.8, 4) is 10.6 Å². The molecule has 1 amide bonds. The molecule has 6 atom stereocenters. The highest BCUT2D eigenvalue weighted by molar-refractivity contribution is 7.66. The molecule has 332 valence electrons. The van der Waals surface area contributed by atoms with Crippen LogP contribution in [0, 0.1) is 0 Å². The third kappa shape index (κ3) is 13.1. The molecule has 0 saturated carbocycles. The lowest BCUT2D eigenvalue weighted by Gasteiger charge is -2.21. The van der Waals surface area contributed by atoms with Gasteiger partial charge in [0, 0.05) is 57.3 Å². The summed E-state index contributed by atoms with van der Waals surface area (Å²) >= 11 is 1.72. The minimum absolute atomic E-state index is 0.0204. The summed E-state index contributed by atoms with van der Waals surface area (Å²) < 4.78 is 56.7. The Labute approximate surface area is 354 Å². The summed E-state index contributed by atoms with van der Waals surface area (Å²) in [5, 5.41) is 17.9. The van der Waals surface area contributed by atoms with Gasteiger partial charge < -0.3 is 45.0 Å². The average molecular weight is 928 g/mol. The number of amides is 1. The molecule has 3 unspecified atom stereocenters. The molecule has 22 nitrogen and oxygen atoms in total. The quantitative estimate of drug-likeness (QED) is 0.0267. The number of ether oxygens (including phenoxy) is 1. The van der Waals surface area contributed by atoms with Crippen molar-refractivity contribution in [1.82, 2.24) is 34.4 Å².